The van der Waals surface area contributed by atoms with Crippen LogP contribution in [0, 0.1) is 0 Å². The first-order valence-corrected chi connectivity index (χ1v) is 3.50. The number of ether oxygens (including phenoxy) is 1. The highest BCUT2D eigenvalue weighted by molar-refractivity contribution is 5.87. The normalized spacial score (nSPS) is 12.3. The Kier molecular flexibility index (Phi) is 4.41. The van der Waals surface area contributed by atoms with Crippen LogP contribution in [0.3, 0.4) is 0 Å². The number of hydrogen-bond acceptors (Lipinski definition) is 3. The molecule has 0 fully saturated rings. The molecular formula is C7H11FO3. The van der Waals surface area contributed by atoms with Gasteiger partial charge in [0.1, 0.15) is 0 Å². The largest absolute Gasteiger partial charge is 0.391 e. The highest BCUT2D eigenvalue weighted by Crippen LogP contribution is 2.00. The molecule has 1 atom stereocenters. The zero-order valence-electron chi connectivity index (χ0n) is 6.59. The van der Waals surface area contributed by atoms with Gasteiger partial charge in [0.25, 0.3) is 0 Å². The van der Waals surface area contributed by atoms with E-state index >= 15 is 0 Å². The summed E-state index contributed by atoms with van der Waals surface area (Å²) in [4.78, 5) is 21.0. The molecule has 0 aliphatic heterocycles. The van der Waals surface area contributed by atoms with Gasteiger partial charge in [-0.25, -0.2) is 9.18 Å². The summed E-state index contributed by atoms with van der Waals surface area (Å²) in [6, 6.07) is 0. The third-order valence-electron chi connectivity index (χ3n) is 1.12. The van der Waals surface area contributed by atoms with E-state index in [2.05, 4.69) is 4.74 Å². The molecule has 0 aromatic carbocycles. The third kappa shape index (κ3) is 3.70. The molecule has 1 unspecified atom stereocenters. The summed E-state index contributed by atoms with van der Waals surface area (Å²) >= 11 is 0. The van der Waals surface area contributed by atoms with Gasteiger partial charge in [0.2, 0.25) is 0 Å². The predicted molar refractivity (Wildman–Crippen MR) is 36.6 cm³/mol. The van der Waals surface area contributed by atoms with Crippen molar-refractivity contribution in [2.75, 3.05) is 0 Å². The Morgan fingerprint density at radius 1 is 1.45 bits per heavy atom. The zero-order valence-corrected chi connectivity index (χ0v) is 6.59. The van der Waals surface area contributed by atoms with Crippen molar-refractivity contribution in [2.45, 2.75) is 32.9 Å². The van der Waals surface area contributed by atoms with Crippen LogP contribution in [-0.2, 0) is 14.3 Å². The van der Waals surface area contributed by atoms with E-state index in [9.17, 15) is 14.0 Å². The molecule has 0 saturated carbocycles. The van der Waals surface area contributed by atoms with Crippen molar-refractivity contribution in [3.63, 3.8) is 0 Å². The molecule has 0 amide bonds. The molecule has 3 nitrogen and oxygen atoms in total. The Labute approximate surface area is 64.5 Å². The minimum Gasteiger partial charge on any atom is -0.391 e. The lowest BCUT2D eigenvalue weighted by Crippen LogP contribution is -2.21. The molecular weight excluding hydrogens is 151 g/mol. The van der Waals surface area contributed by atoms with Gasteiger partial charge in [-0.2, -0.15) is 0 Å². The summed E-state index contributed by atoms with van der Waals surface area (Å²) in [6.07, 6.45) is -1.55. The minimum atomic E-state index is -1.68. The van der Waals surface area contributed by atoms with Crippen LogP contribution in [-0.4, -0.2) is 18.1 Å². The van der Waals surface area contributed by atoms with E-state index in [1.54, 1.807) is 0 Å². The van der Waals surface area contributed by atoms with Crippen LogP contribution in [0.4, 0.5) is 4.39 Å². The first-order valence-electron chi connectivity index (χ1n) is 3.50. The van der Waals surface area contributed by atoms with Gasteiger partial charge in [-0.3, -0.25) is 4.79 Å². The van der Waals surface area contributed by atoms with E-state index in [0.717, 1.165) is 0 Å². The van der Waals surface area contributed by atoms with E-state index < -0.39 is 18.1 Å². The van der Waals surface area contributed by atoms with Crippen molar-refractivity contribution < 1.29 is 18.7 Å². The molecule has 0 spiro atoms. The molecule has 0 aliphatic carbocycles. The summed E-state index contributed by atoms with van der Waals surface area (Å²) in [5.74, 6) is -1.77. The number of carbonyl (C=O) groups is 2. The maximum absolute atomic E-state index is 12.4. The Bertz CT molecular complexity index is 156. The van der Waals surface area contributed by atoms with Crippen LogP contribution in [0.25, 0.3) is 0 Å². The molecule has 0 bridgehead atoms. The molecule has 0 aliphatic rings. The smallest absolute Gasteiger partial charge is 0.348 e. The van der Waals surface area contributed by atoms with Gasteiger partial charge in [-0.1, -0.05) is 13.8 Å². The first-order chi connectivity index (χ1) is 5.11. The topological polar surface area (TPSA) is 43.4 Å². The summed E-state index contributed by atoms with van der Waals surface area (Å²) in [6.45, 7) is 3.04. The van der Waals surface area contributed by atoms with Gasteiger partial charge in [-0.05, 0) is 6.42 Å². The maximum Gasteiger partial charge on any atom is 0.348 e. The Morgan fingerprint density at radius 3 is 2.36 bits per heavy atom. The molecule has 0 heterocycles. The van der Waals surface area contributed by atoms with Gasteiger partial charge >= 0.3 is 11.9 Å². The highest BCUT2D eigenvalue weighted by atomic mass is 19.1. The lowest BCUT2D eigenvalue weighted by atomic mass is 10.3. The number of hydrogen-bond donors (Lipinski definition) is 0. The Balaban J connectivity index is 3.77. The number of rotatable bonds is 3. The van der Waals surface area contributed by atoms with Gasteiger partial charge < -0.3 is 4.74 Å². The molecule has 0 rings (SSSR count). The third-order valence-corrected chi connectivity index (χ3v) is 1.12. The standard InChI is InChI=1S/C7H11FO3/c1-3-5(8)7(10)11-6(9)4-2/h5H,3-4H2,1-2H3. The van der Waals surface area contributed by atoms with E-state index in [-0.39, 0.29) is 12.8 Å². The average Bonchev–Trinajstić information content (AvgIpc) is 2.02. The van der Waals surface area contributed by atoms with Crippen LogP contribution in [0.15, 0.2) is 0 Å². The molecule has 0 aromatic heterocycles. The summed E-state index contributed by atoms with van der Waals surface area (Å²) in [7, 11) is 0. The fourth-order valence-corrected chi connectivity index (χ4v) is 0.415. The van der Waals surface area contributed by atoms with Gasteiger partial charge in [-0.15, -0.1) is 0 Å². The molecule has 0 aromatic rings. The summed E-state index contributed by atoms with van der Waals surface area (Å²) in [5.41, 5.74) is 0. The fourth-order valence-electron chi connectivity index (χ4n) is 0.415. The fraction of sp³-hybridized carbons (Fsp3) is 0.714. The maximum atomic E-state index is 12.4. The monoisotopic (exact) mass is 162 g/mol. The van der Waals surface area contributed by atoms with Crippen LogP contribution >= 0.6 is 0 Å². The molecule has 0 N–H and O–H groups in total. The second-order valence-electron chi connectivity index (χ2n) is 2.02. The SMILES string of the molecule is CCC(=O)OC(=O)C(F)CC. The average molecular weight is 162 g/mol. The van der Waals surface area contributed by atoms with Crippen molar-refractivity contribution in [2.24, 2.45) is 0 Å². The van der Waals surface area contributed by atoms with Crippen molar-refractivity contribution in [1.29, 1.82) is 0 Å². The number of esters is 2. The molecule has 64 valence electrons. The quantitative estimate of drug-likeness (QED) is 0.462. The molecule has 4 heteroatoms. The summed E-state index contributed by atoms with van der Waals surface area (Å²) < 4.78 is 16.5. The number of halogens is 1. The van der Waals surface area contributed by atoms with Crippen molar-refractivity contribution in [3.05, 3.63) is 0 Å². The lowest BCUT2D eigenvalue weighted by molar-refractivity contribution is -0.163. The van der Waals surface area contributed by atoms with Crippen molar-refractivity contribution in [1.82, 2.24) is 0 Å². The lowest BCUT2D eigenvalue weighted by Gasteiger charge is -2.02. The van der Waals surface area contributed by atoms with Gasteiger partial charge in [0.15, 0.2) is 6.17 Å². The van der Waals surface area contributed by atoms with Crippen molar-refractivity contribution in [3.8, 4) is 0 Å². The predicted octanol–water partition coefficient (Wildman–Crippen LogP) is 1.21. The first kappa shape index (κ1) is 10.1. The number of carbonyl (C=O) groups excluding carboxylic acids is 2. The van der Waals surface area contributed by atoms with Crippen LogP contribution in [0.5, 0.6) is 0 Å². The van der Waals surface area contributed by atoms with E-state index in [1.165, 1.54) is 13.8 Å². The number of alkyl halides is 1. The van der Waals surface area contributed by atoms with Crippen molar-refractivity contribution >= 4 is 11.9 Å². The Hall–Kier alpha value is -0.930. The van der Waals surface area contributed by atoms with Crippen LogP contribution in [0.2, 0.25) is 0 Å². The van der Waals surface area contributed by atoms with Crippen LogP contribution in [0.1, 0.15) is 26.7 Å². The highest BCUT2D eigenvalue weighted by Gasteiger charge is 2.18. The van der Waals surface area contributed by atoms with Crippen LogP contribution < -0.4 is 0 Å². The minimum absolute atomic E-state index is 0.0375. The van der Waals surface area contributed by atoms with E-state index in [0.29, 0.717) is 0 Å². The second kappa shape index (κ2) is 4.82. The van der Waals surface area contributed by atoms with Gasteiger partial charge in [0.05, 0.1) is 0 Å². The van der Waals surface area contributed by atoms with E-state index in [4.69, 9.17) is 0 Å². The van der Waals surface area contributed by atoms with E-state index in [1.807, 2.05) is 0 Å². The van der Waals surface area contributed by atoms with Gasteiger partial charge in [0, 0.05) is 6.42 Å². The molecule has 11 heavy (non-hydrogen) atoms. The Morgan fingerprint density at radius 2 is 2.00 bits per heavy atom. The molecule has 0 saturated heterocycles. The zero-order chi connectivity index (χ0) is 8.85. The second-order valence-corrected chi connectivity index (χ2v) is 2.02. The summed E-state index contributed by atoms with van der Waals surface area (Å²) in [5, 5.41) is 0. The molecule has 0 radical (unpaired) electrons.